The molecule has 0 aliphatic carbocycles. The number of aromatic amines is 1. The molecule has 3 aromatic heterocycles. The third-order valence-corrected chi connectivity index (χ3v) is 10.1. The van der Waals surface area contributed by atoms with E-state index in [1.54, 1.807) is 37.5 Å². The molecule has 0 bridgehead atoms. The van der Waals surface area contributed by atoms with E-state index in [0.717, 1.165) is 24.1 Å². The number of nitrogens with zero attached hydrogens (tertiary/aromatic N) is 3. The Morgan fingerprint density at radius 2 is 1.74 bits per heavy atom. The quantitative estimate of drug-likeness (QED) is 0.345. The van der Waals surface area contributed by atoms with Crippen LogP contribution in [0.1, 0.15) is 31.2 Å². The van der Waals surface area contributed by atoms with Crippen molar-refractivity contribution in [3.8, 4) is 11.3 Å². The van der Waals surface area contributed by atoms with Crippen LogP contribution in [-0.4, -0.2) is 61.2 Å². The second-order valence-electron chi connectivity index (χ2n) is 9.62. The van der Waals surface area contributed by atoms with E-state index in [1.165, 1.54) is 16.8 Å². The standard InChI is InChI=1S/C27H29N5O5S2/c1-3-39(36,37)23-14-21(16-28-17-23)24-15-20-8-11-29-27(33)25(20)26(31-24)30-22-6-4-18(5-7-22)19-9-12-32(13-10-19)38(2,34)35/h4-8,11,14-17,19H,3,9-10,12-13H2,1-2H3,(H,29,33)(H,30,31). The molecule has 5 rings (SSSR count). The van der Waals surface area contributed by atoms with Crippen LogP contribution in [0.25, 0.3) is 22.0 Å². The lowest BCUT2D eigenvalue weighted by molar-refractivity contribution is 0.321. The summed E-state index contributed by atoms with van der Waals surface area (Å²) >= 11 is 0. The first-order valence-corrected chi connectivity index (χ1v) is 16.1. The van der Waals surface area contributed by atoms with Crippen molar-refractivity contribution >= 4 is 42.1 Å². The molecule has 0 unspecified atom stereocenters. The van der Waals surface area contributed by atoms with Gasteiger partial charge >= 0.3 is 0 Å². The number of benzene rings is 1. The van der Waals surface area contributed by atoms with Crippen LogP contribution in [0.2, 0.25) is 0 Å². The van der Waals surface area contributed by atoms with E-state index in [4.69, 9.17) is 4.98 Å². The molecule has 12 heteroatoms. The zero-order valence-corrected chi connectivity index (χ0v) is 23.2. The molecule has 39 heavy (non-hydrogen) atoms. The molecule has 0 atom stereocenters. The van der Waals surface area contributed by atoms with Gasteiger partial charge in [-0.2, -0.15) is 0 Å². The number of sulfonamides is 1. The van der Waals surface area contributed by atoms with Gasteiger partial charge < -0.3 is 10.3 Å². The van der Waals surface area contributed by atoms with Crippen molar-refractivity contribution in [3.63, 3.8) is 0 Å². The van der Waals surface area contributed by atoms with Crippen LogP contribution < -0.4 is 10.9 Å². The Kier molecular flexibility index (Phi) is 7.27. The number of rotatable bonds is 7. The van der Waals surface area contributed by atoms with Gasteiger partial charge in [-0.05, 0) is 60.0 Å². The normalized spacial score (nSPS) is 15.4. The molecule has 0 amide bonds. The Bertz CT molecular complexity index is 1790. The van der Waals surface area contributed by atoms with Crippen molar-refractivity contribution in [2.45, 2.75) is 30.6 Å². The van der Waals surface area contributed by atoms with E-state index in [0.29, 0.717) is 40.9 Å². The number of nitrogens with one attached hydrogen (secondary N) is 2. The molecule has 1 aliphatic rings. The predicted molar refractivity (Wildman–Crippen MR) is 151 cm³/mol. The van der Waals surface area contributed by atoms with E-state index in [1.807, 2.05) is 24.3 Å². The smallest absolute Gasteiger partial charge is 0.259 e. The number of sulfone groups is 1. The van der Waals surface area contributed by atoms with E-state index >= 15 is 0 Å². The van der Waals surface area contributed by atoms with Gasteiger partial charge in [0.15, 0.2) is 9.84 Å². The maximum absolute atomic E-state index is 12.7. The number of hydrogen-bond donors (Lipinski definition) is 2. The average molecular weight is 568 g/mol. The van der Waals surface area contributed by atoms with Crippen molar-refractivity contribution in [1.82, 2.24) is 19.3 Å². The number of pyridine rings is 3. The van der Waals surface area contributed by atoms with Gasteiger partial charge in [0.25, 0.3) is 5.56 Å². The Labute approximate surface area is 227 Å². The molecule has 204 valence electrons. The molecule has 0 spiro atoms. The molecule has 1 fully saturated rings. The minimum Gasteiger partial charge on any atom is -0.340 e. The summed E-state index contributed by atoms with van der Waals surface area (Å²) in [5, 5.41) is 4.28. The highest BCUT2D eigenvalue weighted by molar-refractivity contribution is 7.91. The van der Waals surface area contributed by atoms with E-state index in [9.17, 15) is 21.6 Å². The van der Waals surface area contributed by atoms with Crippen molar-refractivity contribution in [1.29, 1.82) is 0 Å². The summed E-state index contributed by atoms with van der Waals surface area (Å²) in [4.78, 5) is 24.4. The van der Waals surface area contributed by atoms with E-state index in [2.05, 4.69) is 15.3 Å². The third kappa shape index (κ3) is 5.72. The van der Waals surface area contributed by atoms with Crippen molar-refractivity contribution in [2.24, 2.45) is 0 Å². The second kappa shape index (κ2) is 10.5. The van der Waals surface area contributed by atoms with Gasteiger partial charge in [0.1, 0.15) is 5.82 Å². The third-order valence-electron chi connectivity index (χ3n) is 7.07. The van der Waals surface area contributed by atoms with Crippen LogP contribution in [0.4, 0.5) is 11.5 Å². The van der Waals surface area contributed by atoms with Gasteiger partial charge in [-0.25, -0.2) is 26.1 Å². The van der Waals surface area contributed by atoms with Crippen LogP contribution >= 0.6 is 0 Å². The summed E-state index contributed by atoms with van der Waals surface area (Å²) in [6, 6.07) is 12.9. The Morgan fingerprint density at radius 1 is 1.03 bits per heavy atom. The number of H-pyrrole nitrogens is 1. The molecule has 1 aliphatic heterocycles. The zero-order chi connectivity index (χ0) is 27.8. The number of anilines is 2. The Morgan fingerprint density at radius 3 is 2.41 bits per heavy atom. The van der Waals surface area contributed by atoms with Crippen molar-refractivity contribution in [3.05, 3.63) is 77.0 Å². The van der Waals surface area contributed by atoms with E-state index < -0.39 is 19.9 Å². The summed E-state index contributed by atoms with van der Waals surface area (Å²) in [6.07, 6.45) is 7.17. The molecular formula is C27H29N5O5S2. The van der Waals surface area contributed by atoms with Gasteiger partial charge in [-0.1, -0.05) is 19.1 Å². The highest BCUT2D eigenvalue weighted by atomic mass is 32.2. The first kappa shape index (κ1) is 27.0. The number of hydrogen-bond acceptors (Lipinski definition) is 8. The zero-order valence-electron chi connectivity index (χ0n) is 21.6. The van der Waals surface area contributed by atoms with Crippen LogP contribution in [0.3, 0.4) is 0 Å². The summed E-state index contributed by atoms with van der Waals surface area (Å²) < 4.78 is 49.9. The Hall–Kier alpha value is -3.61. The van der Waals surface area contributed by atoms with E-state index in [-0.39, 0.29) is 22.1 Å². The maximum Gasteiger partial charge on any atom is 0.259 e. The van der Waals surface area contributed by atoms with Gasteiger partial charge in [0.05, 0.1) is 28.0 Å². The molecule has 4 aromatic rings. The molecule has 10 nitrogen and oxygen atoms in total. The molecular weight excluding hydrogens is 538 g/mol. The molecule has 1 saturated heterocycles. The fourth-order valence-electron chi connectivity index (χ4n) is 4.84. The Balaban J connectivity index is 1.46. The molecule has 4 heterocycles. The SMILES string of the molecule is CCS(=O)(=O)c1cncc(-c2cc3cc[nH]c(=O)c3c(Nc3ccc(C4CCN(S(C)(=O)=O)CC4)cc3)n2)c1. The number of fused-ring (bicyclic) bond motifs is 1. The maximum atomic E-state index is 12.7. The fourth-order valence-corrected chi connectivity index (χ4v) is 6.58. The first-order chi connectivity index (χ1) is 18.5. The lowest BCUT2D eigenvalue weighted by Gasteiger charge is -2.30. The minimum atomic E-state index is -3.45. The highest BCUT2D eigenvalue weighted by Gasteiger charge is 2.25. The van der Waals surface area contributed by atoms with Crippen LogP contribution in [0.5, 0.6) is 0 Å². The van der Waals surface area contributed by atoms with Crippen molar-refractivity contribution < 1.29 is 16.8 Å². The van der Waals surface area contributed by atoms with Crippen LogP contribution in [0, 0.1) is 0 Å². The van der Waals surface area contributed by atoms with Crippen LogP contribution in [0.15, 0.2) is 70.7 Å². The van der Waals surface area contributed by atoms with Gasteiger partial charge in [-0.15, -0.1) is 0 Å². The number of aromatic nitrogens is 3. The minimum absolute atomic E-state index is 0.0434. The van der Waals surface area contributed by atoms with Crippen LogP contribution in [-0.2, 0) is 19.9 Å². The highest BCUT2D eigenvalue weighted by Crippen LogP contribution is 2.32. The second-order valence-corrected chi connectivity index (χ2v) is 13.9. The monoisotopic (exact) mass is 567 g/mol. The molecule has 0 saturated carbocycles. The van der Waals surface area contributed by atoms with Gasteiger partial charge in [0, 0.05) is 42.9 Å². The average Bonchev–Trinajstić information content (AvgIpc) is 2.93. The van der Waals surface area contributed by atoms with Crippen molar-refractivity contribution in [2.75, 3.05) is 30.4 Å². The lowest BCUT2D eigenvalue weighted by Crippen LogP contribution is -2.37. The largest absolute Gasteiger partial charge is 0.340 e. The first-order valence-electron chi connectivity index (χ1n) is 12.6. The topological polar surface area (TPSA) is 142 Å². The molecule has 0 radical (unpaired) electrons. The summed E-state index contributed by atoms with van der Waals surface area (Å²) in [6.45, 7) is 2.59. The summed E-state index contributed by atoms with van der Waals surface area (Å²) in [5.74, 6) is 0.557. The summed E-state index contributed by atoms with van der Waals surface area (Å²) in [5.41, 5.74) is 2.54. The fraction of sp³-hybridized carbons (Fsp3) is 0.296. The van der Waals surface area contributed by atoms with Gasteiger partial charge in [0.2, 0.25) is 10.0 Å². The summed E-state index contributed by atoms with van der Waals surface area (Å²) in [7, 11) is -6.63. The van der Waals surface area contributed by atoms with Gasteiger partial charge in [-0.3, -0.25) is 9.78 Å². The molecule has 1 aromatic carbocycles. The molecule has 2 N–H and O–H groups in total. The number of piperidine rings is 1. The predicted octanol–water partition coefficient (Wildman–Crippen LogP) is 3.66. The lowest BCUT2D eigenvalue weighted by atomic mass is 9.90.